The van der Waals surface area contributed by atoms with Gasteiger partial charge in [-0.15, -0.1) is 0 Å². The summed E-state index contributed by atoms with van der Waals surface area (Å²) in [7, 11) is 0. The van der Waals surface area contributed by atoms with Crippen molar-refractivity contribution in [2.75, 3.05) is 6.61 Å². The number of carbonyl (C=O) groups is 2. The Morgan fingerprint density at radius 2 is 2.07 bits per heavy atom. The summed E-state index contributed by atoms with van der Waals surface area (Å²) in [5.41, 5.74) is 1.21. The summed E-state index contributed by atoms with van der Waals surface area (Å²) in [5.74, 6) is 0.0625. The fourth-order valence-corrected chi connectivity index (χ4v) is 3.90. The maximum Gasteiger partial charge on any atom is 0.343 e. The molecule has 0 bridgehead atoms. The molecule has 0 aromatic heterocycles. The lowest BCUT2D eigenvalue weighted by Crippen LogP contribution is -2.17. The number of nitrogens with one attached hydrogen (secondary N) is 1. The number of carbonyl (C=O) groups excluding carboxylic acids is 2. The summed E-state index contributed by atoms with van der Waals surface area (Å²) in [5, 5.41) is 2.57. The van der Waals surface area contributed by atoms with Gasteiger partial charge in [-0.25, -0.2) is 4.79 Å². The van der Waals surface area contributed by atoms with Gasteiger partial charge in [0.1, 0.15) is 4.32 Å². The van der Waals surface area contributed by atoms with Gasteiger partial charge in [0.2, 0.25) is 0 Å². The minimum atomic E-state index is -0.461. The average molecular weight is 511 g/mol. The Bertz CT molecular complexity index is 958. The van der Waals surface area contributed by atoms with Crippen LogP contribution in [0.15, 0.2) is 47.4 Å². The predicted molar refractivity (Wildman–Crippen MR) is 118 cm³/mol. The molecule has 2 aromatic rings. The standard InChI is InChI=1S/C19H14INO4S2/c1-2-24-15-8-11(9-16-17(22)21-19(26)27-16)6-7-14(15)25-18(23)12-4-3-5-13(20)10-12/h3-10H,2H2,1H3,(H,21,22,26). The highest BCUT2D eigenvalue weighted by molar-refractivity contribution is 14.1. The molecule has 0 saturated carbocycles. The number of rotatable bonds is 5. The molecule has 2 aromatic carbocycles. The molecule has 1 fully saturated rings. The lowest BCUT2D eigenvalue weighted by Gasteiger charge is -2.11. The van der Waals surface area contributed by atoms with E-state index in [9.17, 15) is 9.59 Å². The van der Waals surface area contributed by atoms with Crippen molar-refractivity contribution in [3.63, 3.8) is 0 Å². The molecule has 1 N–H and O–H groups in total. The molecule has 138 valence electrons. The summed E-state index contributed by atoms with van der Waals surface area (Å²) >= 11 is 8.33. The summed E-state index contributed by atoms with van der Waals surface area (Å²) in [6, 6.07) is 12.3. The molecule has 0 unspecified atom stereocenters. The monoisotopic (exact) mass is 511 g/mol. The minimum absolute atomic E-state index is 0.225. The molecular weight excluding hydrogens is 497 g/mol. The number of amides is 1. The van der Waals surface area contributed by atoms with Crippen LogP contribution in [0.2, 0.25) is 0 Å². The molecule has 1 amide bonds. The van der Waals surface area contributed by atoms with E-state index in [0.717, 1.165) is 9.13 Å². The third-order valence-electron chi connectivity index (χ3n) is 3.47. The van der Waals surface area contributed by atoms with Crippen LogP contribution < -0.4 is 14.8 Å². The topological polar surface area (TPSA) is 64.6 Å². The predicted octanol–water partition coefficient (Wildman–Crippen LogP) is 4.40. The van der Waals surface area contributed by atoms with E-state index in [4.69, 9.17) is 21.7 Å². The Kier molecular flexibility index (Phi) is 6.51. The zero-order valence-corrected chi connectivity index (χ0v) is 17.9. The lowest BCUT2D eigenvalue weighted by atomic mass is 10.1. The van der Waals surface area contributed by atoms with Gasteiger partial charge in [0, 0.05) is 3.57 Å². The van der Waals surface area contributed by atoms with Gasteiger partial charge < -0.3 is 14.8 Å². The number of thioether (sulfide) groups is 1. The molecule has 0 spiro atoms. The third kappa shape index (κ3) is 5.08. The summed E-state index contributed by atoms with van der Waals surface area (Å²) in [6.45, 7) is 2.25. The summed E-state index contributed by atoms with van der Waals surface area (Å²) < 4.78 is 12.5. The Hall–Kier alpha value is -1.91. The molecule has 0 aliphatic carbocycles. The average Bonchev–Trinajstić information content (AvgIpc) is 2.94. The van der Waals surface area contributed by atoms with Gasteiger partial charge in [-0.2, -0.15) is 0 Å². The van der Waals surface area contributed by atoms with Gasteiger partial charge in [0.25, 0.3) is 5.91 Å². The number of halogens is 1. The quantitative estimate of drug-likeness (QED) is 0.211. The van der Waals surface area contributed by atoms with Crippen molar-refractivity contribution in [1.29, 1.82) is 0 Å². The van der Waals surface area contributed by atoms with Crippen molar-refractivity contribution < 1.29 is 19.1 Å². The highest BCUT2D eigenvalue weighted by atomic mass is 127. The van der Waals surface area contributed by atoms with Crippen LogP contribution in [0, 0.1) is 3.57 Å². The van der Waals surface area contributed by atoms with E-state index in [1.165, 1.54) is 11.8 Å². The lowest BCUT2D eigenvalue weighted by molar-refractivity contribution is -0.115. The zero-order chi connectivity index (χ0) is 19.4. The van der Waals surface area contributed by atoms with Gasteiger partial charge >= 0.3 is 5.97 Å². The van der Waals surface area contributed by atoms with Crippen LogP contribution in [0.3, 0.4) is 0 Å². The maximum atomic E-state index is 12.4. The number of hydrogen-bond acceptors (Lipinski definition) is 6. The van der Waals surface area contributed by atoms with Crippen molar-refractivity contribution in [3.8, 4) is 11.5 Å². The normalized spacial score (nSPS) is 15.0. The van der Waals surface area contributed by atoms with Gasteiger partial charge in [-0.05, 0) is 71.5 Å². The summed E-state index contributed by atoms with van der Waals surface area (Å²) in [6.07, 6.45) is 1.72. The van der Waals surface area contributed by atoms with Crippen molar-refractivity contribution in [2.24, 2.45) is 0 Å². The van der Waals surface area contributed by atoms with E-state index in [-0.39, 0.29) is 5.91 Å². The van der Waals surface area contributed by atoms with Gasteiger partial charge in [-0.1, -0.05) is 36.1 Å². The molecule has 1 aliphatic rings. The van der Waals surface area contributed by atoms with Gasteiger partial charge in [-0.3, -0.25) is 4.79 Å². The Morgan fingerprint density at radius 1 is 1.26 bits per heavy atom. The van der Waals surface area contributed by atoms with Crippen LogP contribution >= 0.6 is 46.6 Å². The Morgan fingerprint density at radius 3 is 2.74 bits per heavy atom. The molecule has 27 heavy (non-hydrogen) atoms. The van der Waals surface area contributed by atoms with Crippen molar-refractivity contribution in [2.45, 2.75) is 6.92 Å². The van der Waals surface area contributed by atoms with Crippen molar-refractivity contribution in [3.05, 3.63) is 62.1 Å². The van der Waals surface area contributed by atoms with Crippen molar-refractivity contribution in [1.82, 2.24) is 5.32 Å². The number of ether oxygens (including phenoxy) is 2. The van der Waals surface area contributed by atoms with Crippen LogP contribution in [0.4, 0.5) is 0 Å². The Balaban J connectivity index is 1.85. The number of thiocarbonyl (C=S) groups is 1. The van der Waals surface area contributed by atoms with Gasteiger partial charge in [0.15, 0.2) is 11.5 Å². The van der Waals surface area contributed by atoms with E-state index in [0.29, 0.717) is 32.9 Å². The number of hydrogen-bond donors (Lipinski definition) is 1. The molecule has 0 atom stereocenters. The zero-order valence-electron chi connectivity index (χ0n) is 14.2. The second kappa shape index (κ2) is 8.85. The molecule has 0 radical (unpaired) electrons. The fraction of sp³-hybridized carbons (Fsp3) is 0.105. The van der Waals surface area contributed by atoms with Crippen molar-refractivity contribution >= 4 is 68.8 Å². The molecular formula is C19H14INO4S2. The van der Waals surface area contributed by atoms with E-state index >= 15 is 0 Å². The van der Waals surface area contributed by atoms with E-state index in [1.807, 2.05) is 13.0 Å². The Labute approximate surface area is 179 Å². The van der Waals surface area contributed by atoms with E-state index < -0.39 is 5.97 Å². The second-order valence-corrected chi connectivity index (χ2v) is 8.36. The molecule has 8 heteroatoms. The van der Waals surface area contributed by atoms with E-state index in [1.54, 1.807) is 42.5 Å². The van der Waals surface area contributed by atoms with Gasteiger partial charge in [0.05, 0.1) is 17.1 Å². The molecule has 1 aliphatic heterocycles. The minimum Gasteiger partial charge on any atom is -0.490 e. The van der Waals surface area contributed by atoms with Crippen LogP contribution in [-0.4, -0.2) is 22.8 Å². The maximum absolute atomic E-state index is 12.4. The first-order chi connectivity index (χ1) is 13.0. The fourth-order valence-electron chi connectivity index (χ4n) is 2.31. The molecule has 3 rings (SSSR count). The van der Waals surface area contributed by atoms with Crippen LogP contribution in [-0.2, 0) is 4.79 Å². The SMILES string of the molecule is CCOc1cc(C=C2SC(=S)NC2=O)ccc1OC(=O)c1cccc(I)c1. The first-order valence-electron chi connectivity index (χ1n) is 7.95. The molecule has 1 heterocycles. The highest BCUT2D eigenvalue weighted by Crippen LogP contribution is 2.32. The van der Waals surface area contributed by atoms with Crippen LogP contribution in [0.1, 0.15) is 22.8 Å². The molecule has 1 saturated heterocycles. The third-order valence-corrected chi connectivity index (χ3v) is 5.30. The first kappa shape index (κ1) is 19.8. The second-order valence-electron chi connectivity index (χ2n) is 5.39. The highest BCUT2D eigenvalue weighted by Gasteiger charge is 2.22. The number of benzene rings is 2. The largest absolute Gasteiger partial charge is 0.490 e. The first-order valence-corrected chi connectivity index (χ1v) is 10.3. The number of esters is 1. The van der Waals surface area contributed by atoms with E-state index in [2.05, 4.69) is 27.9 Å². The van der Waals surface area contributed by atoms with Crippen LogP contribution in [0.5, 0.6) is 11.5 Å². The molecule has 5 nitrogen and oxygen atoms in total. The smallest absolute Gasteiger partial charge is 0.343 e. The summed E-state index contributed by atoms with van der Waals surface area (Å²) in [4.78, 5) is 24.7. The van der Waals surface area contributed by atoms with Crippen LogP contribution in [0.25, 0.3) is 6.08 Å².